The molecule has 1 aliphatic carbocycles. The Kier molecular flexibility index (Phi) is 8.08. The molecular formula is C29H34FN3O3. The number of aryl methyl sites for hydroxylation is 1. The molecule has 2 N–H and O–H groups in total. The number of carbonyl (C=O) groups excluding carboxylic acids is 1. The zero-order chi connectivity index (χ0) is 25.7. The van der Waals surface area contributed by atoms with Crippen LogP contribution in [0.4, 0.5) is 10.1 Å². The lowest BCUT2D eigenvalue weighted by atomic mass is 9.81. The lowest BCUT2D eigenvalue weighted by Crippen LogP contribution is -2.29. The van der Waals surface area contributed by atoms with Crippen LogP contribution in [0, 0.1) is 18.7 Å². The number of aromatic nitrogens is 1. The largest absolute Gasteiger partial charge is 0.481 e. The Morgan fingerprint density at radius 1 is 1.06 bits per heavy atom. The maximum atomic E-state index is 13.4. The maximum absolute atomic E-state index is 13.4. The average Bonchev–Trinajstić information content (AvgIpc) is 3.27. The first-order chi connectivity index (χ1) is 17.3. The van der Waals surface area contributed by atoms with Crippen LogP contribution in [0.15, 0.2) is 60.9 Å². The fourth-order valence-corrected chi connectivity index (χ4v) is 5.05. The molecule has 0 aliphatic heterocycles. The van der Waals surface area contributed by atoms with E-state index in [4.69, 9.17) is 5.11 Å². The molecule has 1 aliphatic rings. The van der Waals surface area contributed by atoms with Gasteiger partial charge in [0.25, 0.3) is 5.91 Å². The van der Waals surface area contributed by atoms with Crippen LogP contribution in [-0.2, 0) is 4.79 Å². The van der Waals surface area contributed by atoms with E-state index >= 15 is 0 Å². The summed E-state index contributed by atoms with van der Waals surface area (Å²) in [6.07, 6.45) is 10.2. The molecule has 190 valence electrons. The summed E-state index contributed by atoms with van der Waals surface area (Å²) in [7, 11) is 1.62. The number of anilines is 1. The number of amides is 1. The van der Waals surface area contributed by atoms with E-state index in [2.05, 4.69) is 29.2 Å². The Labute approximate surface area is 211 Å². The predicted octanol–water partition coefficient (Wildman–Crippen LogP) is 6.21. The first kappa shape index (κ1) is 25.5. The molecule has 1 atom stereocenters. The van der Waals surface area contributed by atoms with Gasteiger partial charge in [-0.15, -0.1) is 0 Å². The minimum absolute atomic E-state index is 0.0815. The summed E-state index contributed by atoms with van der Waals surface area (Å²) < 4.78 is 15.5. The van der Waals surface area contributed by atoms with Crippen LogP contribution >= 0.6 is 0 Å². The number of halogens is 1. The SMILES string of the molecule is Cc1cn(-c2ccc(F)cc2)cc1C(Nc1ccc(C(=O)N(C)CCC(=O)O)cc1)C1CCCCC1. The molecule has 1 fully saturated rings. The van der Waals surface area contributed by atoms with Crippen LogP contribution < -0.4 is 5.32 Å². The van der Waals surface area contributed by atoms with Gasteiger partial charge in [-0.25, -0.2) is 4.39 Å². The van der Waals surface area contributed by atoms with Crippen molar-refractivity contribution in [3.63, 3.8) is 0 Å². The zero-order valence-corrected chi connectivity index (χ0v) is 20.9. The van der Waals surface area contributed by atoms with Crippen molar-refractivity contribution in [2.45, 2.75) is 51.5 Å². The number of benzene rings is 2. The third kappa shape index (κ3) is 6.14. The normalized spacial score (nSPS) is 14.9. The summed E-state index contributed by atoms with van der Waals surface area (Å²) >= 11 is 0. The quantitative estimate of drug-likeness (QED) is 0.373. The van der Waals surface area contributed by atoms with E-state index in [9.17, 15) is 14.0 Å². The van der Waals surface area contributed by atoms with E-state index in [0.29, 0.717) is 11.5 Å². The van der Waals surface area contributed by atoms with Gasteiger partial charge in [-0.2, -0.15) is 0 Å². The van der Waals surface area contributed by atoms with Crippen molar-refractivity contribution < 1.29 is 19.1 Å². The van der Waals surface area contributed by atoms with Gasteiger partial charge < -0.3 is 19.9 Å². The summed E-state index contributed by atoms with van der Waals surface area (Å²) in [6.45, 7) is 2.28. The first-order valence-corrected chi connectivity index (χ1v) is 12.6. The number of hydrogen-bond donors (Lipinski definition) is 2. The second-order valence-corrected chi connectivity index (χ2v) is 9.75. The molecule has 36 heavy (non-hydrogen) atoms. The molecule has 1 heterocycles. The van der Waals surface area contributed by atoms with Crippen molar-refractivity contribution in [2.24, 2.45) is 5.92 Å². The minimum Gasteiger partial charge on any atom is -0.481 e. The number of carboxylic acids is 1. The number of carbonyl (C=O) groups is 2. The molecule has 7 heteroatoms. The van der Waals surface area contributed by atoms with E-state index < -0.39 is 5.97 Å². The number of hydrogen-bond acceptors (Lipinski definition) is 3. The first-order valence-electron chi connectivity index (χ1n) is 12.6. The van der Waals surface area contributed by atoms with Crippen LogP contribution in [-0.4, -0.2) is 40.0 Å². The van der Waals surface area contributed by atoms with Gasteiger partial charge in [0.05, 0.1) is 12.5 Å². The summed E-state index contributed by atoms with van der Waals surface area (Å²) in [4.78, 5) is 24.9. The van der Waals surface area contributed by atoms with Crippen molar-refractivity contribution in [3.05, 3.63) is 83.4 Å². The second kappa shape index (κ2) is 11.4. The second-order valence-electron chi connectivity index (χ2n) is 9.75. The van der Waals surface area contributed by atoms with E-state index in [0.717, 1.165) is 24.2 Å². The summed E-state index contributed by atoms with van der Waals surface area (Å²) in [5.41, 5.74) is 4.78. The number of rotatable bonds is 9. The smallest absolute Gasteiger partial charge is 0.305 e. The van der Waals surface area contributed by atoms with Crippen LogP contribution in [0.2, 0.25) is 0 Å². The molecule has 0 radical (unpaired) electrons. The Balaban J connectivity index is 1.55. The van der Waals surface area contributed by atoms with Gasteiger partial charge in [-0.05, 0) is 85.3 Å². The average molecular weight is 492 g/mol. The fraction of sp³-hybridized carbons (Fsp3) is 0.379. The highest BCUT2D eigenvalue weighted by atomic mass is 19.1. The van der Waals surface area contributed by atoms with E-state index in [1.807, 2.05) is 12.1 Å². The molecule has 4 rings (SSSR count). The highest BCUT2D eigenvalue weighted by Gasteiger charge is 2.27. The Hall–Kier alpha value is -3.61. The Morgan fingerprint density at radius 2 is 1.72 bits per heavy atom. The standard InChI is InChI=1S/C29H34FN3O3/c1-20-18-33(25-14-10-23(30)11-15-25)19-26(20)28(21-6-4-3-5-7-21)31-24-12-8-22(9-13-24)29(36)32(2)17-16-27(34)35/h8-15,18-19,21,28,31H,3-7,16-17H2,1-2H3,(H,34,35). The number of nitrogens with zero attached hydrogens (tertiary/aromatic N) is 2. The van der Waals surface area contributed by atoms with Gasteiger partial charge in [0.15, 0.2) is 0 Å². The van der Waals surface area contributed by atoms with E-state index in [1.54, 1.807) is 31.3 Å². The number of aliphatic carboxylic acids is 1. The summed E-state index contributed by atoms with van der Waals surface area (Å²) in [5, 5.41) is 12.6. The van der Waals surface area contributed by atoms with Crippen LogP contribution in [0.3, 0.4) is 0 Å². The van der Waals surface area contributed by atoms with Crippen molar-refractivity contribution in [3.8, 4) is 5.69 Å². The van der Waals surface area contributed by atoms with Crippen LogP contribution in [0.1, 0.15) is 66.1 Å². The molecule has 2 aromatic carbocycles. The Morgan fingerprint density at radius 3 is 2.36 bits per heavy atom. The molecule has 1 unspecified atom stereocenters. The molecule has 1 aromatic heterocycles. The zero-order valence-electron chi connectivity index (χ0n) is 20.9. The highest BCUT2D eigenvalue weighted by Crippen LogP contribution is 2.38. The minimum atomic E-state index is -0.925. The molecule has 1 amide bonds. The highest BCUT2D eigenvalue weighted by molar-refractivity contribution is 5.94. The molecule has 0 bridgehead atoms. The summed E-state index contributed by atoms with van der Waals surface area (Å²) in [6, 6.07) is 14.0. The van der Waals surface area contributed by atoms with Gasteiger partial charge in [-0.1, -0.05) is 19.3 Å². The fourth-order valence-electron chi connectivity index (χ4n) is 5.05. The third-order valence-electron chi connectivity index (χ3n) is 7.11. The molecule has 1 saturated carbocycles. The van der Waals surface area contributed by atoms with Gasteiger partial charge in [0.2, 0.25) is 0 Å². The summed E-state index contributed by atoms with van der Waals surface area (Å²) in [5.74, 6) is -0.880. The molecule has 6 nitrogen and oxygen atoms in total. The van der Waals surface area contributed by atoms with Crippen LogP contribution in [0.25, 0.3) is 5.69 Å². The maximum Gasteiger partial charge on any atom is 0.305 e. The van der Waals surface area contributed by atoms with Gasteiger partial charge in [-0.3, -0.25) is 9.59 Å². The molecule has 0 spiro atoms. The van der Waals surface area contributed by atoms with Crippen molar-refractivity contribution in [1.82, 2.24) is 9.47 Å². The van der Waals surface area contributed by atoms with Crippen molar-refractivity contribution in [1.29, 1.82) is 0 Å². The van der Waals surface area contributed by atoms with E-state index in [1.165, 1.54) is 47.4 Å². The lowest BCUT2D eigenvalue weighted by molar-refractivity contribution is -0.137. The van der Waals surface area contributed by atoms with Gasteiger partial charge >= 0.3 is 5.97 Å². The predicted molar refractivity (Wildman–Crippen MR) is 139 cm³/mol. The van der Waals surface area contributed by atoms with Crippen molar-refractivity contribution in [2.75, 3.05) is 18.9 Å². The molecule has 3 aromatic rings. The topological polar surface area (TPSA) is 74.6 Å². The van der Waals surface area contributed by atoms with Gasteiger partial charge in [0.1, 0.15) is 5.82 Å². The number of carboxylic acid groups (broad SMARTS) is 1. The van der Waals surface area contributed by atoms with Gasteiger partial charge in [0, 0.05) is 42.9 Å². The third-order valence-corrected chi connectivity index (χ3v) is 7.11. The van der Waals surface area contributed by atoms with E-state index in [-0.39, 0.29) is 30.7 Å². The van der Waals surface area contributed by atoms with Crippen molar-refractivity contribution >= 4 is 17.6 Å². The molecular weight excluding hydrogens is 457 g/mol. The number of nitrogens with one attached hydrogen (secondary N) is 1. The Bertz CT molecular complexity index is 1180. The lowest BCUT2D eigenvalue weighted by Gasteiger charge is -2.32. The molecule has 0 saturated heterocycles. The monoisotopic (exact) mass is 491 g/mol. The van der Waals surface area contributed by atoms with Crippen LogP contribution in [0.5, 0.6) is 0 Å².